The van der Waals surface area contributed by atoms with Crippen molar-refractivity contribution in [3.63, 3.8) is 0 Å². The molecule has 41 heavy (non-hydrogen) atoms. The Hall–Kier alpha value is -3.32. The summed E-state index contributed by atoms with van der Waals surface area (Å²) >= 11 is -1.70. The Labute approximate surface area is 248 Å². The summed E-state index contributed by atoms with van der Waals surface area (Å²) in [5.74, 6) is 2.60. The van der Waals surface area contributed by atoms with Gasteiger partial charge in [0.2, 0.25) is 0 Å². The number of para-hydroxylation sites is 2. The Kier molecular flexibility index (Phi) is 13.1. The van der Waals surface area contributed by atoms with Gasteiger partial charge in [0.25, 0.3) is 0 Å². The Morgan fingerprint density at radius 3 is 1.51 bits per heavy atom. The first-order valence-corrected chi connectivity index (χ1v) is 15.2. The monoisotopic (exact) mass is 619 g/mol. The van der Waals surface area contributed by atoms with Crippen molar-refractivity contribution in [3.8, 4) is 23.0 Å². The van der Waals surface area contributed by atoms with Crippen molar-refractivity contribution in [2.45, 2.75) is 0 Å². The molecule has 3 aromatic rings. The zero-order valence-corrected chi connectivity index (χ0v) is 25.7. The van der Waals surface area contributed by atoms with E-state index in [-0.39, 0.29) is 0 Å². The Balaban J connectivity index is 1.51. The van der Waals surface area contributed by atoms with Crippen LogP contribution in [0.25, 0.3) is 0 Å². The van der Waals surface area contributed by atoms with Crippen LogP contribution in [0.5, 0.6) is 23.0 Å². The van der Waals surface area contributed by atoms with Gasteiger partial charge in [0.05, 0.1) is 0 Å². The topological polar surface area (TPSA) is 98.6 Å². The van der Waals surface area contributed by atoms with Gasteiger partial charge in [0.1, 0.15) is 0 Å². The fraction of sp³-hybridized carbons (Fsp3) is 0.333. The van der Waals surface area contributed by atoms with Gasteiger partial charge in [-0.2, -0.15) is 0 Å². The molecule has 0 saturated heterocycles. The number of rotatable bonds is 14. The van der Waals surface area contributed by atoms with E-state index >= 15 is 0 Å². The predicted molar refractivity (Wildman–Crippen MR) is 157 cm³/mol. The van der Waals surface area contributed by atoms with E-state index in [0.29, 0.717) is 75.9 Å². The predicted octanol–water partition coefficient (Wildman–Crippen LogP) is 4.58. The minimum absolute atomic E-state index is 0.407. The van der Waals surface area contributed by atoms with Gasteiger partial charge in [-0.15, -0.1) is 0 Å². The molecule has 0 N–H and O–H groups in total. The third-order valence-electron chi connectivity index (χ3n) is 5.74. The van der Waals surface area contributed by atoms with Crippen molar-refractivity contribution in [2.75, 3.05) is 67.1 Å². The molecule has 215 valence electrons. The molecule has 0 aromatic heterocycles. The SMILES string of the molecule is COCCOCCOc1ccc2c(c1)[O][Ga][O]c1cc(OCCOCCOC)ccc1C=Nc1ccccc1N=C2. The normalized spacial score (nSPS) is 12.2. The van der Waals surface area contributed by atoms with E-state index in [1.54, 1.807) is 26.6 Å². The molecular formula is C30H34GaN2O8. The molecule has 0 atom stereocenters. The van der Waals surface area contributed by atoms with E-state index in [1.807, 2.05) is 60.7 Å². The van der Waals surface area contributed by atoms with Gasteiger partial charge in [-0.3, -0.25) is 0 Å². The molecule has 1 aliphatic heterocycles. The summed E-state index contributed by atoms with van der Waals surface area (Å²) in [6.07, 6.45) is 3.54. The van der Waals surface area contributed by atoms with Crippen LogP contribution in [0.3, 0.4) is 0 Å². The molecule has 0 fully saturated rings. The maximum absolute atomic E-state index is 6.22. The molecule has 1 heterocycles. The van der Waals surface area contributed by atoms with Crippen molar-refractivity contribution in [1.29, 1.82) is 0 Å². The molecule has 0 amide bonds. The van der Waals surface area contributed by atoms with Crippen molar-refractivity contribution in [1.82, 2.24) is 0 Å². The molecule has 0 unspecified atom stereocenters. The number of hydrogen-bond donors (Lipinski definition) is 0. The summed E-state index contributed by atoms with van der Waals surface area (Å²) in [5, 5.41) is 0. The summed E-state index contributed by atoms with van der Waals surface area (Å²) < 4.78 is 45.1. The molecule has 1 radical (unpaired) electrons. The molecule has 4 rings (SSSR count). The van der Waals surface area contributed by atoms with Crippen LogP contribution < -0.4 is 16.5 Å². The van der Waals surface area contributed by atoms with Crippen LogP contribution in [-0.2, 0) is 18.9 Å². The van der Waals surface area contributed by atoms with Gasteiger partial charge in [-0.25, -0.2) is 0 Å². The first-order chi connectivity index (χ1) is 20.3. The molecule has 0 aliphatic carbocycles. The summed E-state index contributed by atoms with van der Waals surface area (Å²) in [4.78, 5) is 9.40. The van der Waals surface area contributed by atoms with Crippen LogP contribution >= 0.6 is 0 Å². The van der Waals surface area contributed by atoms with Crippen LogP contribution in [0.4, 0.5) is 11.4 Å². The summed E-state index contributed by atoms with van der Waals surface area (Å²) in [7, 11) is 3.28. The van der Waals surface area contributed by atoms with Crippen molar-refractivity contribution in [3.05, 3.63) is 71.8 Å². The van der Waals surface area contributed by atoms with Gasteiger partial charge >= 0.3 is 249 Å². The van der Waals surface area contributed by atoms with Crippen LogP contribution in [0, 0.1) is 0 Å². The Morgan fingerprint density at radius 1 is 0.585 bits per heavy atom. The second-order valence-electron chi connectivity index (χ2n) is 8.64. The third-order valence-corrected chi connectivity index (χ3v) is 7.21. The molecule has 1 aliphatic rings. The Bertz CT molecular complexity index is 1190. The van der Waals surface area contributed by atoms with E-state index in [1.165, 1.54) is 0 Å². The third kappa shape index (κ3) is 10.2. The zero-order valence-electron chi connectivity index (χ0n) is 23.3. The standard InChI is InChI=1S/C30H36N2O8.Ga/c1-35-11-13-37-15-17-39-25-9-7-23(29(33)19-25)21-31-27-5-3-4-6-28(27)32-22-24-8-10-26(20-30(24)34)40-18-16-38-14-12-36-2;/h3-10,19-22,33-34H,11-18H2,1-2H3;/q;+2/p-2. The average molecular weight is 620 g/mol. The number of ether oxygens (including phenoxy) is 6. The maximum atomic E-state index is 6.22. The number of fused-ring (bicyclic) bond motifs is 3. The van der Waals surface area contributed by atoms with E-state index in [4.69, 9.17) is 45.5 Å². The van der Waals surface area contributed by atoms with Crippen LogP contribution in [0.2, 0.25) is 0 Å². The van der Waals surface area contributed by atoms with Crippen molar-refractivity contribution in [2.24, 2.45) is 9.98 Å². The number of nitrogens with zero attached hydrogens (tertiary/aromatic N) is 2. The molecule has 10 nitrogen and oxygen atoms in total. The number of aliphatic imine (C=N–C) groups is 2. The molecule has 3 aromatic carbocycles. The van der Waals surface area contributed by atoms with E-state index < -0.39 is 18.1 Å². The van der Waals surface area contributed by atoms with E-state index in [2.05, 4.69) is 0 Å². The average Bonchev–Trinajstić information content (AvgIpc) is 3.01. The van der Waals surface area contributed by atoms with Gasteiger partial charge in [0, 0.05) is 0 Å². The minimum atomic E-state index is -1.70. The number of methoxy groups -OCH3 is 2. The molecule has 0 spiro atoms. The van der Waals surface area contributed by atoms with Crippen molar-refractivity contribution >= 4 is 41.9 Å². The number of hydrogen-bond acceptors (Lipinski definition) is 10. The first kappa shape index (κ1) is 30.6. The second-order valence-corrected chi connectivity index (χ2v) is 10.0. The summed E-state index contributed by atoms with van der Waals surface area (Å²) in [5.41, 5.74) is 3.07. The molecule has 0 saturated carbocycles. The van der Waals surface area contributed by atoms with Gasteiger partial charge in [-0.1, -0.05) is 0 Å². The van der Waals surface area contributed by atoms with Crippen LogP contribution in [0.1, 0.15) is 11.1 Å². The van der Waals surface area contributed by atoms with Gasteiger partial charge < -0.3 is 0 Å². The quantitative estimate of drug-likeness (QED) is 0.191. The van der Waals surface area contributed by atoms with E-state index in [9.17, 15) is 0 Å². The number of benzene rings is 3. The molecule has 0 bridgehead atoms. The zero-order chi connectivity index (χ0) is 28.5. The fourth-order valence-electron chi connectivity index (χ4n) is 3.64. The van der Waals surface area contributed by atoms with Crippen LogP contribution in [-0.4, -0.2) is 97.6 Å². The van der Waals surface area contributed by atoms with Gasteiger partial charge in [-0.05, 0) is 0 Å². The second kappa shape index (κ2) is 17.5. The molecular weight excluding hydrogens is 586 g/mol. The fourth-order valence-corrected chi connectivity index (χ4v) is 5.03. The molecule has 11 heteroatoms. The summed E-state index contributed by atoms with van der Waals surface area (Å²) in [6, 6.07) is 19.0. The van der Waals surface area contributed by atoms with Crippen LogP contribution in [0.15, 0.2) is 70.6 Å². The van der Waals surface area contributed by atoms with Gasteiger partial charge in [0.15, 0.2) is 0 Å². The first-order valence-electron chi connectivity index (χ1n) is 13.3. The summed E-state index contributed by atoms with van der Waals surface area (Å²) in [6.45, 7) is 3.87. The Morgan fingerprint density at radius 2 is 1.05 bits per heavy atom. The van der Waals surface area contributed by atoms with E-state index in [0.717, 1.165) is 22.5 Å². The van der Waals surface area contributed by atoms with Crippen molar-refractivity contribution < 1.29 is 35.5 Å².